The van der Waals surface area contributed by atoms with Crippen LogP contribution in [-0.4, -0.2) is 0 Å². The molecule has 0 fully saturated rings. The number of furan rings is 2. The Kier molecular flexibility index (Phi) is 7.32. The molecule has 0 N–H and O–H groups in total. The molecule has 1 spiro atoms. The first-order valence-electron chi connectivity index (χ1n) is 22.0. The third kappa shape index (κ3) is 4.81. The lowest BCUT2D eigenvalue weighted by molar-refractivity contribution is 0.666. The molecule has 1 unspecified atom stereocenters. The van der Waals surface area contributed by atoms with Crippen molar-refractivity contribution >= 4 is 60.9 Å². The Hall–Kier alpha value is -8.40. The van der Waals surface area contributed by atoms with E-state index in [9.17, 15) is 0 Å². The molecule has 3 nitrogen and oxygen atoms in total. The summed E-state index contributed by atoms with van der Waals surface area (Å²) >= 11 is 0. The SMILES string of the molecule is c1ccc(-c2ccc(N(c3ccc4c(c3)C3(c5ccccc5-c5ccccc5-4)c4ccccc4-c4cc5c(cc43)oc3ccccc35)c3cccc4c3oc3ccccc34)cc2)cc1. The van der Waals surface area contributed by atoms with Crippen LogP contribution in [0.3, 0.4) is 0 Å². The quantitative estimate of drug-likeness (QED) is 0.177. The van der Waals surface area contributed by atoms with Crippen LogP contribution in [0.25, 0.3) is 88.4 Å². The topological polar surface area (TPSA) is 29.5 Å². The fourth-order valence-corrected chi connectivity index (χ4v) is 11.2. The van der Waals surface area contributed by atoms with E-state index in [1.165, 1.54) is 61.2 Å². The van der Waals surface area contributed by atoms with Gasteiger partial charge in [-0.25, -0.2) is 0 Å². The maximum absolute atomic E-state index is 6.83. The Labute approximate surface area is 369 Å². The van der Waals surface area contributed by atoms with Crippen LogP contribution in [0.4, 0.5) is 17.1 Å². The summed E-state index contributed by atoms with van der Waals surface area (Å²) in [5, 5.41) is 4.44. The van der Waals surface area contributed by atoms with Crippen molar-refractivity contribution < 1.29 is 8.83 Å². The summed E-state index contributed by atoms with van der Waals surface area (Å²) in [7, 11) is 0. The van der Waals surface area contributed by atoms with E-state index in [1.54, 1.807) is 0 Å². The summed E-state index contributed by atoms with van der Waals surface area (Å²) in [5.41, 5.74) is 20.4. The molecule has 298 valence electrons. The lowest BCUT2D eigenvalue weighted by Crippen LogP contribution is -2.29. The molecular weight excluding hydrogens is 779 g/mol. The molecule has 0 aliphatic heterocycles. The molecule has 14 rings (SSSR count). The molecule has 2 aliphatic rings. The van der Waals surface area contributed by atoms with Gasteiger partial charge in [0, 0.05) is 32.9 Å². The van der Waals surface area contributed by atoms with Crippen LogP contribution < -0.4 is 4.90 Å². The van der Waals surface area contributed by atoms with Gasteiger partial charge in [-0.1, -0.05) is 170 Å². The highest BCUT2D eigenvalue weighted by atomic mass is 16.3. The van der Waals surface area contributed by atoms with E-state index >= 15 is 0 Å². The first-order valence-corrected chi connectivity index (χ1v) is 22.0. The van der Waals surface area contributed by atoms with Crippen molar-refractivity contribution in [2.24, 2.45) is 0 Å². The van der Waals surface area contributed by atoms with Gasteiger partial charge >= 0.3 is 0 Å². The Balaban J connectivity index is 1.10. The predicted molar refractivity (Wildman–Crippen MR) is 263 cm³/mol. The Morgan fingerprint density at radius 3 is 1.56 bits per heavy atom. The van der Waals surface area contributed by atoms with Crippen molar-refractivity contribution in [2.45, 2.75) is 5.41 Å². The van der Waals surface area contributed by atoms with E-state index in [2.05, 4.69) is 223 Å². The minimum Gasteiger partial charge on any atom is -0.456 e. The molecule has 3 heteroatoms. The Morgan fingerprint density at radius 1 is 0.297 bits per heavy atom. The number of benzene rings is 10. The smallest absolute Gasteiger partial charge is 0.159 e. The third-order valence-corrected chi connectivity index (χ3v) is 13.9. The molecule has 0 amide bonds. The minimum absolute atomic E-state index is 0.714. The predicted octanol–water partition coefficient (Wildman–Crippen LogP) is 16.6. The van der Waals surface area contributed by atoms with E-state index < -0.39 is 5.41 Å². The first-order chi connectivity index (χ1) is 31.7. The van der Waals surface area contributed by atoms with Crippen molar-refractivity contribution in [3.05, 3.63) is 247 Å². The van der Waals surface area contributed by atoms with Crippen LogP contribution >= 0.6 is 0 Å². The maximum Gasteiger partial charge on any atom is 0.159 e. The third-order valence-electron chi connectivity index (χ3n) is 13.9. The molecular formula is C61H37NO2. The van der Waals surface area contributed by atoms with Crippen LogP contribution in [0, 0.1) is 0 Å². The average Bonchev–Trinajstić information content (AvgIpc) is 4.00. The summed E-state index contributed by atoms with van der Waals surface area (Å²) in [4.78, 5) is 2.39. The van der Waals surface area contributed by atoms with Crippen molar-refractivity contribution in [1.29, 1.82) is 0 Å². The molecule has 12 aromatic rings. The van der Waals surface area contributed by atoms with E-state index in [4.69, 9.17) is 8.83 Å². The van der Waals surface area contributed by atoms with Gasteiger partial charge in [0.2, 0.25) is 0 Å². The number of hydrogen-bond donors (Lipinski definition) is 0. The standard InChI is InChI=1S/C61H37NO2/c1-2-15-38(16-3-1)39-29-31-40(32-30-39)62(56-26-14-23-49-47-21-8-13-28-58(47)64-60(49)56)41-33-34-46-43-18-5-4-17-42(43)44-19-6-10-24-52(44)61(54(46)35-41)53-25-11-7-20-45(53)50-36-51-48-22-9-12-27-57(48)63-59(51)37-55(50)61/h1-37H. The van der Waals surface area contributed by atoms with E-state index in [1.807, 2.05) is 6.07 Å². The average molecular weight is 816 g/mol. The first kappa shape index (κ1) is 35.2. The van der Waals surface area contributed by atoms with Gasteiger partial charge in [-0.05, 0) is 121 Å². The summed E-state index contributed by atoms with van der Waals surface area (Å²) < 4.78 is 13.6. The molecule has 2 aliphatic carbocycles. The van der Waals surface area contributed by atoms with Gasteiger partial charge in [-0.3, -0.25) is 0 Å². The fraction of sp³-hybridized carbons (Fsp3) is 0.0164. The summed E-state index contributed by atoms with van der Waals surface area (Å²) in [6.45, 7) is 0. The van der Waals surface area contributed by atoms with Gasteiger partial charge in [0.05, 0.1) is 11.1 Å². The van der Waals surface area contributed by atoms with Gasteiger partial charge in [0.25, 0.3) is 0 Å². The summed E-state index contributed by atoms with van der Waals surface area (Å²) in [6, 6.07) is 81.7. The van der Waals surface area contributed by atoms with Gasteiger partial charge in [0.1, 0.15) is 16.7 Å². The molecule has 1 atom stereocenters. The highest BCUT2D eigenvalue weighted by molar-refractivity contribution is 6.11. The van der Waals surface area contributed by atoms with Crippen molar-refractivity contribution in [2.75, 3.05) is 4.90 Å². The molecule has 0 bridgehead atoms. The number of para-hydroxylation sites is 3. The van der Waals surface area contributed by atoms with E-state index in [-0.39, 0.29) is 0 Å². The van der Waals surface area contributed by atoms with Crippen LogP contribution in [0.1, 0.15) is 22.3 Å². The van der Waals surface area contributed by atoms with Crippen LogP contribution in [-0.2, 0) is 5.41 Å². The van der Waals surface area contributed by atoms with Gasteiger partial charge in [-0.15, -0.1) is 0 Å². The Morgan fingerprint density at radius 2 is 0.828 bits per heavy atom. The molecule has 2 heterocycles. The molecule has 2 aromatic heterocycles. The van der Waals surface area contributed by atoms with E-state index in [0.29, 0.717) is 0 Å². The summed E-state index contributed by atoms with van der Waals surface area (Å²) in [6.07, 6.45) is 0. The number of fused-ring (bicyclic) bond motifs is 18. The minimum atomic E-state index is -0.714. The second-order valence-electron chi connectivity index (χ2n) is 17.1. The Bertz CT molecular complexity index is 3860. The number of nitrogens with zero attached hydrogens (tertiary/aromatic N) is 1. The molecule has 64 heavy (non-hydrogen) atoms. The second kappa shape index (κ2) is 13.3. The van der Waals surface area contributed by atoms with Crippen LogP contribution in [0.15, 0.2) is 233 Å². The van der Waals surface area contributed by atoms with E-state index in [0.717, 1.165) is 66.5 Å². The van der Waals surface area contributed by atoms with Crippen molar-refractivity contribution in [3.63, 3.8) is 0 Å². The molecule has 0 radical (unpaired) electrons. The monoisotopic (exact) mass is 815 g/mol. The maximum atomic E-state index is 6.83. The largest absolute Gasteiger partial charge is 0.456 e. The number of anilines is 3. The zero-order valence-corrected chi connectivity index (χ0v) is 34.6. The lowest BCUT2D eigenvalue weighted by atomic mass is 9.65. The molecule has 0 saturated carbocycles. The van der Waals surface area contributed by atoms with Gasteiger partial charge in [0.15, 0.2) is 5.58 Å². The van der Waals surface area contributed by atoms with Crippen LogP contribution in [0.2, 0.25) is 0 Å². The molecule has 10 aromatic carbocycles. The zero-order chi connectivity index (χ0) is 41.9. The van der Waals surface area contributed by atoms with Gasteiger partial charge < -0.3 is 13.7 Å². The zero-order valence-electron chi connectivity index (χ0n) is 34.6. The second-order valence-corrected chi connectivity index (χ2v) is 17.1. The number of rotatable bonds is 4. The van der Waals surface area contributed by atoms with Gasteiger partial charge in [-0.2, -0.15) is 0 Å². The number of hydrogen-bond acceptors (Lipinski definition) is 3. The summed E-state index contributed by atoms with van der Waals surface area (Å²) in [5.74, 6) is 0. The highest BCUT2D eigenvalue weighted by Gasteiger charge is 2.50. The lowest BCUT2D eigenvalue weighted by Gasteiger charge is -2.36. The highest BCUT2D eigenvalue weighted by Crippen LogP contribution is 2.63. The normalized spacial score (nSPS) is 14.6. The van der Waals surface area contributed by atoms with Crippen LogP contribution in [0.5, 0.6) is 0 Å². The fourth-order valence-electron chi connectivity index (χ4n) is 11.2. The molecule has 0 saturated heterocycles. The van der Waals surface area contributed by atoms with Crippen molar-refractivity contribution in [1.82, 2.24) is 0 Å². The van der Waals surface area contributed by atoms with Crippen molar-refractivity contribution in [3.8, 4) is 44.5 Å².